The van der Waals surface area contributed by atoms with Crippen molar-refractivity contribution >= 4 is 5.69 Å². The summed E-state index contributed by atoms with van der Waals surface area (Å²) in [5.41, 5.74) is 1.40. The van der Waals surface area contributed by atoms with Gasteiger partial charge in [-0.15, -0.1) is 0 Å². The van der Waals surface area contributed by atoms with Gasteiger partial charge in [0.05, 0.1) is 4.92 Å². The summed E-state index contributed by atoms with van der Waals surface area (Å²) in [4.78, 5) is 14.3. The lowest BCUT2D eigenvalue weighted by Gasteiger charge is -2.03. The van der Waals surface area contributed by atoms with Gasteiger partial charge < -0.3 is 0 Å². The van der Waals surface area contributed by atoms with Gasteiger partial charge in [-0.3, -0.25) is 10.1 Å². The lowest BCUT2D eigenvalue weighted by atomic mass is 10.1. The summed E-state index contributed by atoms with van der Waals surface area (Å²) in [7, 11) is 0. The first-order chi connectivity index (χ1) is 7.72. The molecular weight excluding hydrogens is 208 g/mol. The average Bonchev–Trinajstić information content (AvgIpc) is 2.81. The zero-order chi connectivity index (χ0) is 11.5. The third kappa shape index (κ3) is 1.77. The van der Waals surface area contributed by atoms with Crippen LogP contribution in [0.1, 0.15) is 12.5 Å². The normalized spacial score (nSPS) is 10.3. The predicted octanol–water partition coefficient (Wildman–Crippen LogP) is 1.74. The highest BCUT2D eigenvalue weighted by molar-refractivity contribution is 5.53. The van der Waals surface area contributed by atoms with Crippen LogP contribution in [0.4, 0.5) is 5.69 Å². The minimum absolute atomic E-state index is 0.0462. The number of aryl methyl sites for hydroxylation is 1. The van der Waals surface area contributed by atoms with Crippen molar-refractivity contribution < 1.29 is 4.92 Å². The van der Waals surface area contributed by atoms with E-state index in [0.29, 0.717) is 5.69 Å². The molecule has 1 aromatic carbocycles. The van der Waals surface area contributed by atoms with Crippen LogP contribution >= 0.6 is 0 Å². The Labute approximate surface area is 91.7 Å². The molecule has 0 amide bonds. The largest absolute Gasteiger partial charge is 0.295 e. The number of hydrogen-bond donors (Lipinski definition) is 0. The second kappa shape index (κ2) is 4.09. The molecule has 0 atom stereocenters. The van der Waals surface area contributed by atoms with Crippen molar-refractivity contribution in [1.82, 2.24) is 14.8 Å². The molecule has 0 bridgehead atoms. The maximum atomic E-state index is 10.9. The molecule has 0 fully saturated rings. The molecule has 6 heteroatoms. The molecule has 0 spiro atoms. The SMILES string of the molecule is CCc1ccc(-n2cncn2)c([N+](=O)[O-])c1. The Balaban J connectivity index is 2.57. The summed E-state index contributed by atoms with van der Waals surface area (Å²) >= 11 is 0. The van der Waals surface area contributed by atoms with E-state index in [4.69, 9.17) is 0 Å². The van der Waals surface area contributed by atoms with Crippen LogP contribution in [-0.4, -0.2) is 19.7 Å². The van der Waals surface area contributed by atoms with E-state index in [1.807, 2.05) is 13.0 Å². The molecule has 0 unspecified atom stereocenters. The van der Waals surface area contributed by atoms with Gasteiger partial charge in [0.25, 0.3) is 5.69 Å². The Hall–Kier alpha value is -2.24. The number of hydrogen-bond acceptors (Lipinski definition) is 4. The standard InChI is InChI=1S/C10H10N4O2/c1-2-8-3-4-9(10(5-8)14(15)16)13-7-11-6-12-13/h3-7H,2H2,1H3. The van der Waals surface area contributed by atoms with Crippen LogP contribution in [0.25, 0.3) is 5.69 Å². The van der Waals surface area contributed by atoms with Gasteiger partial charge in [0.1, 0.15) is 18.3 Å². The van der Waals surface area contributed by atoms with Crippen LogP contribution in [0, 0.1) is 10.1 Å². The van der Waals surface area contributed by atoms with Crippen LogP contribution in [0.2, 0.25) is 0 Å². The van der Waals surface area contributed by atoms with Crippen molar-refractivity contribution in [2.45, 2.75) is 13.3 Å². The van der Waals surface area contributed by atoms with Crippen molar-refractivity contribution in [3.8, 4) is 5.69 Å². The number of nitrogens with zero attached hydrogens (tertiary/aromatic N) is 4. The first kappa shape index (κ1) is 10.3. The minimum atomic E-state index is -0.407. The van der Waals surface area contributed by atoms with Gasteiger partial charge in [0.15, 0.2) is 0 Å². The number of aromatic nitrogens is 3. The number of nitro benzene ring substituents is 1. The van der Waals surface area contributed by atoms with Crippen molar-refractivity contribution in [2.75, 3.05) is 0 Å². The highest BCUT2D eigenvalue weighted by Gasteiger charge is 2.16. The highest BCUT2D eigenvalue weighted by Crippen LogP contribution is 2.23. The Morgan fingerprint density at radius 3 is 2.88 bits per heavy atom. The van der Waals surface area contributed by atoms with Gasteiger partial charge in [-0.2, -0.15) is 5.10 Å². The Bertz CT molecular complexity index is 508. The topological polar surface area (TPSA) is 73.8 Å². The summed E-state index contributed by atoms with van der Waals surface area (Å²) < 4.78 is 1.39. The second-order valence-electron chi connectivity index (χ2n) is 3.27. The summed E-state index contributed by atoms with van der Waals surface area (Å²) in [6.07, 6.45) is 3.55. The molecule has 1 aromatic heterocycles. The molecule has 0 saturated heterocycles. The van der Waals surface area contributed by atoms with Gasteiger partial charge in [-0.25, -0.2) is 9.67 Å². The van der Waals surface area contributed by atoms with Crippen molar-refractivity contribution in [1.29, 1.82) is 0 Å². The lowest BCUT2D eigenvalue weighted by molar-refractivity contribution is -0.384. The zero-order valence-corrected chi connectivity index (χ0v) is 8.70. The van der Waals surface area contributed by atoms with Crippen LogP contribution in [0.15, 0.2) is 30.9 Å². The van der Waals surface area contributed by atoms with Gasteiger partial charge >= 0.3 is 0 Å². The third-order valence-electron chi connectivity index (χ3n) is 2.31. The summed E-state index contributed by atoms with van der Waals surface area (Å²) in [6, 6.07) is 5.10. The van der Waals surface area contributed by atoms with E-state index >= 15 is 0 Å². The molecule has 2 aromatic rings. The average molecular weight is 218 g/mol. The van der Waals surface area contributed by atoms with Gasteiger partial charge in [0, 0.05) is 6.07 Å². The van der Waals surface area contributed by atoms with E-state index in [2.05, 4.69) is 10.1 Å². The number of benzene rings is 1. The molecule has 2 rings (SSSR count). The van der Waals surface area contributed by atoms with Crippen molar-refractivity contribution in [3.05, 3.63) is 46.5 Å². The maximum Gasteiger partial charge on any atom is 0.295 e. The number of nitro groups is 1. The second-order valence-corrected chi connectivity index (χ2v) is 3.27. The highest BCUT2D eigenvalue weighted by atomic mass is 16.6. The Morgan fingerprint density at radius 2 is 2.31 bits per heavy atom. The van der Waals surface area contributed by atoms with Crippen LogP contribution in [0.3, 0.4) is 0 Å². The molecule has 0 aliphatic carbocycles. The summed E-state index contributed by atoms with van der Waals surface area (Å²) in [5.74, 6) is 0. The molecule has 0 radical (unpaired) electrons. The monoisotopic (exact) mass is 218 g/mol. The molecule has 0 aliphatic rings. The third-order valence-corrected chi connectivity index (χ3v) is 2.31. The number of rotatable bonds is 3. The fourth-order valence-electron chi connectivity index (χ4n) is 1.46. The van der Waals surface area contributed by atoms with Crippen LogP contribution < -0.4 is 0 Å². The maximum absolute atomic E-state index is 10.9. The molecule has 1 heterocycles. The molecule has 0 N–H and O–H groups in total. The van der Waals surface area contributed by atoms with Crippen LogP contribution in [-0.2, 0) is 6.42 Å². The lowest BCUT2D eigenvalue weighted by Crippen LogP contribution is -2.01. The van der Waals surface area contributed by atoms with Gasteiger partial charge in [-0.05, 0) is 18.1 Å². The molecule has 0 saturated carbocycles. The fraction of sp³-hybridized carbons (Fsp3) is 0.200. The van der Waals surface area contributed by atoms with E-state index in [0.717, 1.165) is 12.0 Å². The Kier molecular flexibility index (Phi) is 2.63. The molecule has 82 valence electrons. The van der Waals surface area contributed by atoms with Crippen molar-refractivity contribution in [2.24, 2.45) is 0 Å². The molecule has 16 heavy (non-hydrogen) atoms. The van der Waals surface area contributed by atoms with E-state index in [1.54, 1.807) is 12.1 Å². The van der Waals surface area contributed by atoms with E-state index in [1.165, 1.54) is 17.3 Å². The van der Waals surface area contributed by atoms with E-state index < -0.39 is 4.92 Å². The molecule has 6 nitrogen and oxygen atoms in total. The minimum Gasteiger partial charge on any atom is -0.258 e. The summed E-state index contributed by atoms with van der Waals surface area (Å²) in [6.45, 7) is 1.95. The zero-order valence-electron chi connectivity index (χ0n) is 8.70. The molecule has 0 aliphatic heterocycles. The predicted molar refractivity (Wildman–Crippen MR) is 57.4 cm³/mol. The molecular formula is C10H10N4O2. The van der Waals surface area contributed by atoms with Gasteiger partial charge in [-0.1, -0.05) is 13.0 Å². The Morgan fingerprint density at radius 1 is 1.50 bits per heavy atom. The van der Waals surface area contributed by atoms with Crippen LogP contribution in [0.5, 0.6) is 0 Å². The first-order valence-corrected chi connectivity index (χ1v) is 4.84. The van der Waals surface area contributed by atoms with Gasteiger partial charge in [0.2, 0.25) is 0 Å². The quantitative estimate of drug-likeness (QED) is 0.581. The van der Waals surface area contributed by atoms with Crippen molar-refractivity contribution in [3.63, 3.8) is 0 Å². The van der Waals surface area contributed by atoms with E-state index in [9.17, 15) is 10.1 Å². The van der Waals surface area contributed by atoms with E-state index in [-0.39, 0.29) is 5.69 Å². The summed E-state index contributed by atoms with van der Waals surface area (Å²) in [5, 5.41) is 14.8. The fourth-order valence-corrected chi connectivity index (χ4v) is 1.46. The smallest absolute Gasteiger partial charge is 0.258 e. The first-order valence-electron chi connectivity index (χ1n) is 4.84.